The van der Waals surface area contributed by atoms with Gasteiger partial charge in [-0.25, -0.2) is 15.4 Å². The van der Waals surface area contributed by atoms with Gasteiger partial charge in [-0.05, 0) is 17.2 Å². The lowest BCUT2D eigenvalue weighted by Crippen LogP contribution is -2.16. The van der Waals surface area contributed by atoms with Crippen molar-refractivity contribution in [1.29, 1.82) is 5.26 Å². The average Bonchev–Trinajstić information content (AvgIpc) is 2.88. The molecule has 4 aromatic rings. The molecule has 0 saturated carbocycles. The van der Waals surface area contributed by atoms with Crippen LogP contribution in [0.5, 0.6) is 0 Å². The van der Waals surface area contributed by atoms with E-state index >= 15 is 0 Å². The number of halogens is 3. The second kappa shape index (κ2) is 10.3. The van der Waals surface area contributed by atoms with Gasteiger partial charge in [0.15, 0.2) is 0 Å². The smallest absolute Gasteiger partial charge is 0.362 e. The fourth-order valence-corrected chi connectivity index (χ4v) is 3.53. The number of pyridine rings is 1. The molecule has 0 atom stereocenters. The van der Waals surface area contributed by atoms with Crippen molar-refractivity contribution in [3.8, 4) is 28.5 Å². The highest BCUT2D eigenvalue weighted by atomic mass is 19.4. The Hall–Kier alpha value is -4.98. The molecule has 2 aromatic heterocycles. The van der Waals surface area contributed by atoms with E-state index in [4.69, 9.17) is 0 Å². The number of anilines is 2. The molecule has 0 aliphatic heterocycles. The molecule has 0 aliphatic rings. The van der Waals surface area contributed by atoms with Crippen LogP contribution in [0.4, 0.5) is 24.9 Å². The molecule has 186 valence electrons. The third kappa shape index (κ3) is 5.65. The Balaban J connectivity index is 1.57. The maximum Gasteiger partial charge on any atom is 0.417 e. The van der Waals surface area contributed by atoms with E-state index in [1.54, 1.807) is 67.5 Å². The van der Waals surface area contributed by atoms with E-state index < -0.39 is 17.3 Å². The molecule has 0 bridgehead atoms. The highest BCUT2D eigenvalue weighted by Crippen LogP contribution is 2.35. The Bertz CT molecular complexity index is 1540. The fourth-order valence-electron chi connectivity index (χ4n) is 3.53. The quantitative estimate of drug-likeness (QED) is 0.286. The van der Waals surface area contributed by atoms with E-state index in [-0.39, 0.29) is 17.2 Å². The number of H-pyrrole nitrogens is 1. The second-order valence-electron chi connectivity index (χ2n) is 8.10. The highest BCUT2D eigenvalue weighted by molar-refractivity contribution is 5.83. The number of alkyl halides is 3. The van der Waals surface area contributed by atoms with Crippen molar-refractivity contribution >= 4 is 18.0 Å². The normalized spacial score (nSPS) is 11.4. The standard InChI is InChI=1S/C26H20F3N7O/c1-36(2)23-20(12-19(15-31-23)26(27,28)29)17-10-8-16(9-11-17)14-32-35-25-33-22(18-6-4-3-5-7-18)21(13-30)24(37)34-25/h3-12,14-15H,1-2H3,(H2,33,34,35,37). The van der Waals surface area contributed by atoms with E-state index in [2.05, 4.69) is 25.5 Å². The van der Waals surface area contributed by atoms with Gasteiger partial charge < -0.3 is 4.90 Å². The molecule has 0 fully saturated rings. The summed E-state index contributed by atoms with van der Waals surface area (Å²) >= 11 is 0. The Morgan fingerprint density at radius 1 is 1.08 bits per heavy atom. The summed E-state index contributed by atoms with van der Waals surface area (Å²) in [7, 11) is 3.41. The van der Waals surface area contributed by atoms with Crippen molar-refractivity contribution in [1.82, 2.24) is 15.0 Å². The number of hydrogen-bond donors (Lipinski definition) is 2. The SMILES string of the molecule is CN(C)c1ncc(C(F)(F)F)cc1-c1ccc(C=NNc2nc(-c3ccccc3)c(C#N)c(=O)[nH]2)cc1. The van der Waals surface area contributed by atoms with E-state index in [0.29, 0.717) is 28.1 Å². The van der Waals surface area contributed by atoms with E-state index in [0.717, 1.165) is 12.3 Å². The van der Waals surface area contributed by atoms with Gasteiger partial charge in [-0.2, -0.15) is 23.5 Å². The molecule has 37 heavy (non-hydrogen) atoms. The minimum Gasteiger partial charge on any atom is -0.362 e. The van der Waals surface area contributed by atoms with Crippen molar-refractivity contribution < 1.29 is 13.2 Å². The molecule has 0 amide bonds. The average molecular weight is 503 g/mol. The second-order valence-corrected chi connectivity index (χ2v) is 8.10. The summed E-state index contributed by atoms with van der Waals surface area (Å²) < 4.78 is 39.7. The number of nitrogens with one attached hydrogen (secondary N) is 2. The molecule has 11 heteroatoms. The first-order valence-electron chi connectivity index (χ1n) is 10.9. The minimum absolute atomic E-state index is 0.0430. The Kier molecular flexibility index (Phi) is 7.01. The van der Waals surface area contributed by atoms with Crippen LogP contribution in [0, 0.1) is 11.3 Å². The summed E-state index contributed by atoms with van der Waals surface area (Å²) in [6.45, 7) is 0. The molecule has 0 saturated heterocycles. The number of aromatic amines is 1. The molecular weight excluding hydrogens is 483 g/mol. The third-order valence-electron chi connectivity index (χ3n) is 5.30. The van der Waals surface area contributed by atoms with Crippen molar-refractivity contribution in [2.24, 2.45) is 5.10 Å². The lowest BCUT2D eigenvalue weighted by molar-refractivity contribution is -0.137. The van der Waals surface area contributed by atoms with Gasteiger partial charge in [0.25, 0.3) is 5.56 Å². The van der Waals surface area contributed by atoms with E-state index in [1.165, 1.54) is 6.21 Å². The van der Waals surface area contributed by atoms with Gasteiger partial charge >= 0.3 is 6.18 Å². The topological polar surface area (TPSA) is 110 Å². The minimum atomic E-state index is -4.51. The number of benzene rings is 2. The molecule has 0 aliphatic carbocycles. The molecule has 0 radical (unpaired) electrons. The van der Waals surface area contributed by atoms with Crippen molar-refractivity contribution in [3.63, 3.8) is 0 Å². The van der Waals surface area contributed by atoms with E-state index in [1.807, 2.05) is 12.1 Å². The molecule has 8 nitrogen and oxygen atoms in total. The van der Waals surface area contributed by atoms with Gasteiger partial charge in [0.2, 0.25) is 5.95 Å². The van der Waals surface area contributed by atoms with Crippen LogP contribution in [0.1, 0.15) is 16.7 Å². The predicted molar refractivity (Wildman–Crippen MR) is 135 cm³/mol. The summed E-state index contributed by atoms with van der Waals surface area (Å²) in [6.07, 6.45) is -2.23. The van der Waals surface area contributed by atoms with Crippen molar-refractivity contribution in [3.05, 3.63) is 93.9 Å². The zero-order valence-electron chi connectivity index (χ0n) is 19.7. The first-order chi connectivity index (χ1) is 17.7. The van der Waals surface area contributed by atoms with Gasteiger partial charge in [-0.3, -0.25) is 9.78 Å². The van der Waals surface area contributed by atoms with Crippen molar-refractivity contribution in [2.45, 2.75) is 6.18 Å². The first-order valence-corrected chi connectivity index (χ1v) is 10.9. The van der Waals surface area contributed by atoms with Crippen LogP contribution < -0.4 is 15.9 Å². The van der Waals surface area contributed by atoms with Crippen LogP contribution in [0.25, 0.3) is 22.4 Å². The van der Waals surface area contributed by atoms with Gasteiger partial charge in [0.1, 0.15) is 17.5 Å². The summed E-state index contributed by atoms with van der Waals surface area (Å²) in [5, 5.41) is 13.4. The van der Waals surface area contributed by atoms with Gasteiger partial charge in [-0.15, -0.1) is 0 Å². The lowest BCUT2D eigenvalue weighted by Gasteiger charge is -2.18. The largest absolute Gasteiger partial charge is 0.417 e. The summed E-state index contributed by atoms with van der Waals surface area (Å²) in [5.74, 6) is 0.447. The molecule has 0 unspecified atom stereocenters. The van der Waals surface area contributed by atoms with Crippen LogP contribution in [-0.2, 0) is 6.18 Å². The predicted octanol–water partition coefficient (Wildman–Crippen LogP) is 4.90. The summed E-state index contributed by atoms with van der Waals surface area (Å²) in [6, 6.07) is 18.5. The van der Waals surface area contributed by atoms with Crippen LogP contribution in [0.2, 0.25) is 0 Å². The van der Waals surface area contributed by atoms with Crippen LogP contribution in [-0.4, -0.2) is 35.3 Å². The maximum absolute atomic E-state index is 13.2. The lowest BCUT2D eigenvalue weighted by atomic mass is 10.0. The number of rotatable bonds is 6. The van der Waals surface area contributed by atoms with Crippen LogP contribution in [0.3, 0.4) is 0 Å². The molecule has 2 heterocycles. The number of hydrogen-bond acceptors (Lipinski definition) is 7. The number of hydrazone groups is 1. The first kappa shape index (κ1) is 25.1. The zero-order chi connectivity index (χ0) is 26.6. The fraction of sp³-hybridized carbons (Fsp3) is 0.115. The number of nitriles is 1. The maximum atomic E-state index is 13.2. The van der Waals surface area contributed by atoms with E-state index in [9.17, 15) is 23.2 Å². The molecule has 2 aromatic carbocycles. The van der Waals surface area contributed by atoms with Gasteiger partial charge in [0, 0.05) is 31.4 Å². The van der Waals surface area contributed by atoms with Gasteiger partial charge in [0.05, 0.1) is 17.5 Å². The molecule has 4 rings (SSSR count). The van der Waals surface area contributed by atoms with Crippen LogP contribution in [0.15, 0.2) is 76.8 Å². The molecule has 0 spiro atoms. The number of nitrogens with zero attached hydrogens (tertiary/aromatic N) is 5. The monoisotopic (exact) mass is 503 g/mol. The summed E-state index contributed by atoms with van der Waals surface area (Å²) in [4.78, 5) is 24.8. The van der Waals surface area contributed by atoms with Gasteiger partial charge in [-0.1, -0.05) is 54.6 Å². The van der Waals surface area contributed by atoms with Crippen molar-refractivity contribution in [2.75, 3.05) is 24.4 Å². The van der Waals surface area contributed by atoms with Crippen LogP contribution >= 0.6 is 0 Å². The molecular formula is C26H20F3N7O. The Morgan fingerprint density at radius 3 is 2.41 bits per heavy atom. The zero-order valence-corrected chi connectivity index (χ0v) is 19.7. The third-order valence-corrected chi connectivity index (χ3v) is 5.30. The summed E-state index contributed by atoms with van der Waals surface area (Å²) in [5.41, 5.74) is 3.45. The molecule has 2 N–H and O–H groups in total. The Morgan fingerprint density at radius 2 is 1.78 bits per heavy atom. The number of aromatic nitrogens is 3. The highest BCUT2D eigenvalue weighted by Gasteiger charge is 2.32. The Labute approximate surface area is 209 Å².